The summed E-state index contributed by atoms with van der Waals surface area (Å²) < 4.78 is 170. The normalized spacial score (nSPS) is 13.4. The highest BCUT2D eigenvalue weighted by Gasteiger charge is 2.26. The summed E-state index contributed by atoms with van der Waals surface area (Å²) in [5.41, 5.74) is 3.97. The minimum Gasteiger partial charge on any atom is -0.505 e. The fourth-order valence-electron chi connectivity index (χ4n) is 4.50. The number of nitrogens with zero attached hydrogens (tertiary/aromatic N) is 4. The summed E-state index contributed by atoms with van der Waals surface area (Å²) in [6, 6.07) is 10.4. The average Bonchev–Trinajstić information content (AvgIpc) is 3.05. The Hall–Kier alpha value is -4.52. The van der Waals surface area contributed by atoms with E-state index < -0.39 is 124 Å². The number of aromatic hydroxyl groups is 1. The average molecular weight is 886 g/mol. The minimum absolute atomic E-state index is 0.0743. The first kappa shape index (κ1) is 43.2. The summed E-state index contributed by atoms with van der Waals surface area (Å²) in [5, 5.41) is 25.7. The van der Waals surface area contributed by atoms with Crippen LogP contribution in [0.1, 0.15) is 0 Å². The molecule has 0 atom stereocenters. The van der Waals surface area contributed by atoms with Gasteiger partial charge in [-0.1, -0.05) is 0 Å². The van der Waals surface area contributed by atoms with Crippen LogP contribution in [0.25, 0.3) is 10.8 Å². The molecule has 22 nitrogen and oxygen atoms in total. The van der Waals surface area contributed by atoms with E-state index in [0.717, 1.165) is 66.9 Å². The highest BCUT2D eigenvalue weighted by atomic mass is 32.3. The zero-order valence-electron chi connectivity index (χ0n) is 27.5. The number of hydrogen-bond acceptors (Lipinski definition) is 20. The van der Waals surface area contributed by atoms with E-state index in [-0.39, 0.29) is 26.6 Å². The molecule has 0 bridgehead atoms. The third kappa shape index (κ3) is 11.3. The number of anilines is 1. The second-order valence-corrected chi connectivity index (χ2v) is 20.2. The first-order valence-corrected chi connectivity index (χ1v) is 23.6. The van der Waals surface area contributed by atoms with Gasteiger partial charge in [-0.05, 0) is 66.0 Å². The monoisotopic (exact) mass is 885 g/mol. The van der Waals surface area contributed by atoms with Gasteiger partial charge < -0.3 is 10.8 Å². The number of hydrogen-bond donors (Lipinski definition) is 5. The predicted octanol–water partition coefficient (Wildman–Crippen LogP) is 2.52. The molecule has 4 aromatic rings. The molecule has 0 aliphatic heterocycles. The third-order valence-corrected chi connectivity index (χ3v) is 13.0. The van der Waals surface area contributed by atoms with Crippen LogP contribution in [0, 0.1) is 0 Å². The molecule has 0 spiro atoms. The molecule has 0 amide bonds. The number of sulfone groups is 2. The topological polar surface area (TPSA) is 359 Å². The van der Waals surface area contributed by atoms with Crippen LogP contribution in [0.3, 0.4) is 0 Å². The van der Waals surface area contributed by atoms with Crippen LogP contribution in [0.5, 0.6) is 5.75 Å². The van der Waals surface area contributed by atoms with E-state index in [2.05, 4.69) is 28.8 Å². The van der Waals surface area contributed by atoms with Crippen LogP contribution in [-0.4, -0.2) is 95.7 Å². The lowest BCUT2D eigenvalue weighted by Crippen LogP contribution is -2.15. The van der Waals surface area contributed by atoms with Gasteiger partial charge in [-0.25, -0.2) is 29.4 Å². The second kappa shape index (κ2) is 16.3. The second-order valence-electron chi connectivity index (χ2n) is 10.9. The number of thiol groups is 1. The van der Waals surface area contributed by atoms with E-state index in [4.69, 9.17) is 10.3 Å². The van der Waals surface area contributed by atoms with Crippen molar-refractivity contribution in [3.8, 4) is 5.75 Å². The molecule has 55 heavy (non-hydrogen) atoms. The first-order valence-electron chi connectivity index (χ1n) is 14.5. The van der Waals surface area contributed by atoms with E-state index in [9.17, 15) is 60.2 Å². The number of benzene rings is 4. The summed E-state index contributed by atoms with van der Waals surface area (Å²) in [6.45, 7) is -1.53. The Balaban J connectivity index is 1.73. The van der Waals surface area contributed by atoms with E-state index in [1.165, 1.54) is 0 Å². The van der Waals surface area contributed by atoms with E-state index in [1.807, 2.05) is 0 Å². The van der Waals surface area contributed by atoms with Crippen molar-refractivity contribution in [2.45, 2.75) is 19.6 Å². The standard InChI is InChI=1S/C27H27N5O17S6/c1-51(36,37)48-10-12-52(38,39)19-8-4-18(5-9-19)30-32-26-22(54(42,43)44)15-16-14-21(50(34)35)25(27(33)23(16)24(26)28)31-29-17-2-6-20(7-3-17)53(40,41)13-11-49-55(45,46)47/h2-9,14-15,33,50H,10-13,28H2,1H3,(H,42,43,44)(H,45,46,47)/b31-29+,32-30+. The lowest BCUT2D eigenvalue weighted by atomic mass is 10.1. The summed E-state index contributed by atoms with van der Waals surface area (Å²) >= 11 is 0. The number of rotatable bonds is 16. The van der Waals surface area contributed by atoms with Gasteiger partial charge in [-0.15, -0.1) is 10.2 Å². The Morgan fingerprint density at radius 2 is 1.13 bits per heavy atom. The number of nitrogen functional groups attached to an aromatic ring is 1. The summed E-state index contributed by atoms with van der Waals surface area (Å²) in [7, 11) is -25.6. The molecule has 0 radical (unpaired) electrons. The van der Waals surface area contributed by atoms with Crippen LogP contribution in [0.4, 0.5) is 28.4 Å². The minimum atomic E-state index is -5.16. The molecular weight excluding hydrogens is 859 g/mol. The van der Waals surface area contributed by atoms with Crippen molar-refractivity contribution in [1.82, 2.24) is 0 Å². The van der Waals surface area contributed by atoms with E-state index in [1.54, 1.807) is 0 Å². The molecule has 0 aliphatic rings. The van der Waals surface area contributed by atoms with Crippen molar-refractivity contribution >= 4 is 100 Å². The Bertz CT molecular complexity index is 2850. The molecule has 4 rings (SSSR count). The lowest BCUT2D eigenvalue weighted by Gasteiger charge is -2.13. The van der Waals surface area contributed by atoms with Crippen molar-refractivity contribution in [1.29, 1.82) is 0 Å². The van der Waals surface area contributed by atoms with Gasteiger partial charge in [-0.3, -0.25) is 13.3 Å². The largest absolute Gasteiger partial charge is 0.505 e. The predicted molar refractivity (Wildman–Crippen MR) is 192 cm³/mol. The van der Waals surface area contributed by atoms with Gasteiger partial charge in [0.25, 0.3) is 20.2 Å². The number of nitrogens with two attached hydrogens (primary N) is 1. The van der Waals surface area contributed by atoms with Gasteiger partial charge in [0.2, 0.25) is 0 Å². The summed E-state index contributed by atoms with van der Waals surface area (Å²) in [6.07, 6.45) is 0.748. The number of phenolic OH excluding ortho intramolecular Hbond substituents is 1. The molecule has 0 aliphatic carbocycles. The molecule has 0 heterocycles. The molecule has 4 aromatic carbocycles. The van der Waals surface area contributed by atoms with Gasteiger partial charge in [-0.2, -0.15) is 35.5 Å². The Morgan fingerprint density at radius 3 is 1.55 bits per heavy atom. The van der Waals surface area contributed by atoms with Crippen LogP contribution in [-0.2, 0) is 69.4 Å². The lowest BCUT2D eigenvalue weighted by molar-refractivity contribution is 0.284. The van der Waals surface area contributed by atoms with Crippen LogP contribution in [0.15, 0.2) is 101 Å². The molecule has 0 saturated heterocycles. The Kier molecular flexibility index (Phi) is 12.8. The SMILES string of the molecule is CS(=O)(=O)OCCS(=O)(=O)c1ccc(/N=N/c2c(S(=O)(=O)O)cc3cc([SH](=O)=O)c(/N=N/c4ccc(S(=O)(=O)CCOS(=O)(=O)O)cc4)c(O)c3c2N)cc1. The third-order valence-electron chi connectivity index (χ3n) is 6.96. The number of phenols is 1. The molecule has 28 heteroatoms. The van der Waals surface area contributed by atoms with Crippen molar-refractivity contribution in [2.75, 3.05) is 36.7 Å². The van der Waals surface area contributed by atoms with Crippen molar-refractivity contribution in [3.63, 3.8) is 0 Å². The van der Waals surface area contributed by atoms with Gasteiger partial charge >= 0.3 is 10.4 Å². The Labute approximate surface area is 315 Å². The molecule has 0 fully saturated rings. The summed E-state index contributed by atoms with van der Waals surface area (Å²) in [4.78, 5) is -2.22. The van der Waals surface area contributed by atoms with Crippen molar-refractivity contribution < 1.29 is 73.1 Å². The van der Waals surface area contributed by atoms with Gasteiger partial charge in [0.1, 0.15) is 16.3 Å². The highest BCUT2D eigenvalue weighted by Crippen LogP contribution is 2.47. The first-order chi connectivity index (χ1) is 25.3. The number of azo groups is 2. The van der Waals surface area contributed by atoms with Crippen LogP contribution >= 0.6 is 0 Å². The van der Waals surface area contributed by atoms with Crippen molar-refractivity contribution in [3.05, 3.63) is 60.7 Å². The quantitative estimate of drug-likeness (QED) is 0.0355. The van der Waals surface area contributed by atoms with Crippen LogP contribution < -0.4 is 5.73 Å². The summed E-state index contributed by atoms with van der Waals surface area (Å²) in [5.74, 6) is -2.46. The molecule has 5 N–H and O–H groups in total. The zero-order chi connectivity index (χ0) is 41.1. The zero-order valence-corrected chi connectivity index (χ0v) is 32.5. The molecular formula is C27H27N5O17S6. The van der Waals surface area contributed by atoms with Gasteiger partial charge in [0, 0.05) is 0 Å². The van der Waals surface area contributed by atoms with Gasteiger partial charge in [0.05, 0.1) is 68.1 Å². The van der Waals surface area contributed by atoms with Gasteiger partial charge in [0.15, 0.2) is 36.1 Å². The molecule has 0 unspecified atom stereocenters. The van der Waals surface area contributed by atoms with Crippen LogP contribution in [0.2, 0.25) is 0 Å². The molecule has 0 saturated carbocycles. The highest BCUT2D eigenvalue weighted by molar-refractivity contribution is 7.91. The maximum absolute atomic E-state index is 12.5. The fraction of sp³-hybridized carbons (Fsp3) is 0.185. The molecule has 0 aromatic heterocycles. The van der Waals surface area contributed by atoms with Crippen molar-refractivity contribution in [2.24, 2.45) is 20.5 Å². The fourth-order valence-corrected chi connectivity index (χ4v) is 8.80. The smallest absolute Gasteiger partial charge is 0.397 e. The van der Waals surface area contributed by atoms with E-state index >= 15 is 0 Å². The maximum Gasteiger partial charge on any atom is 0.397 e. The van der Waals surface area contributed by atoms with E-state index in [0.29, 0.717) is 0 Å². The number of fused-ring (bicyclic) bond motifs is 1. The maximum atomic E-state index is 12.5. The molecule has 298 valence electrons. The Morgan fingerprint density at radius 1 is 0.673 bits per heavy atom.